The summed E-state index contributed by atoms with van der Waals surface area (Å²) in [5.74, 6) is 0.189. The number of aliphatic hydroxyl groups is 1. The number of carbonyl (C=O) groups excluding carboxylic acids is 1. The van der Waals surface area contributed by atoms with Gasteiger partial charge in [-0.2, -0.15) is 0 Å². The van der Waals surface area contributed by atoms with Crippen molar-refractivity contribution >= 4 is 12.0 Å². The fourth-order valence-corrected chi connectivity index (χ4v) is 1.76. The normalized spacial score (nSPS) is 22.9. The predicted molar refractivity (Wildman–Crippen MR) is 65.9 cm³/mol. The van der Waals surface area contributed by atoms with Crippen LogP contribution in [0.3, 0.4) is 0 Å². The van der Waals surface area contributed by atoms with Crippen LogP contribution in [0.1, 0.15) is 47.0 Å². The molecule has 16 heavy (non-hydrogen) atoms. The highest BCUT2D eigenvalue weighted by molar-refractivity contribution is 6.14. The van der Waals surface area contributed by atoms with Gasteiger partial charge in [0, 0.05) is 25.1 Å². The molecule has 0 aromatic rings. The van der Waals surface area contributed by atoms with Crippen LogP contribution >= 0.6 is 0 Å². The van der Waals surface area contributed by atoms with Crippen LogP contribution in [-0.4, -0.2) is 23.1 Å². The summed E-state index contributed by atoms with van der Waals surface area (Å²) < 4.78 is 0. The first-order chi connectivity index (χ1) is 7.35. The summed E-state index contributed by atoms with van der Waals surface area (Å²) in [5, 5.41) is 9.83. The molecule has 1 N–H and O–H groups in total. The zero-order valence-electron chi connectivity index (χ0n) is 10.6. The van der Waals surface area contributed by atoms with Gasteiger partial charge in [0.05, 0.1) is 5.57 Å². The molecule has 0 aliphatic heterocycles. The lowest BCUT2D eigenvalue weighted by atomic mass is 9.77. The number of allylic oxidation sites excluding steroid dienone is 2. The van der Waals surface area contributed by atoms with Gasteiger partial charge in [-0.15, -0.1) is 0 Å². The third-order valence-corrected chi connectivity index (χ3v) is 2.95. The molecule has 1 rings (SSSR count). The van der Waals surface area contributed by atoms with Gasteiger partial charge in [0.1, 0.15) is 5.76 Å². The van der Waals surface area contributed by atoms with Gasteiger partial charge in [-0.25, -0.2) is 0 Å². The zero-order valence-corrected chi connectivity index (χ0v) is 10.6. The van der Waals surface area contributed by atoms with Crippen molar-refractivity contribution in [2.24, 2.45) is 10.4 Å². The van der Waals surface area contributed by atoms with Crippen LogP contribution in [0.2, 0.25) is 0 Å². The number of ketones is 1. The Morgan fingerprint density at radius 2 is 2.12 bits per heavy atom. The van der Waals surface area contributed by atoms with Crippen LogP contribution < -0.4 is 0 Å². The number of hydrogen-bond acceptors (Lipinski definition) is 3. The van der Waals surface area contributed by atoms with Crippen LogP contribution in [-0.2, 0) is 4.79 Å². The first-order valence-electron chi connectivity index (χ1n) is 5.84. The molecule has 1 aliphatic rings. The summed E-state index contributed by atoms with van der Waals surface area (Å²) in [5.41, 5.74) is 0.272. The van der Waals surface area contributed by atoms with Gasteiger partial charge in [0.15, 0.2) is 5.78 Å². The van der Waals surface area contributed by atoms with Crippen molar-refractivity contribution in [3.8, 4) is 0 Å². The van der Waals surface area contributed by atoms with Crippen molar-refractivity contribution in [2.75, 3.05) is 0 Å². The number of nitrogens with zero attached hydrogens (tertiary/aromatic N) is 1. The Morgan fingerprint density at radius 3 is 2.62 bits per heavy atom. The third-order valence-electron chi connectivity index (χ3n) is 2.95. The van der Waals surface area contributed by atoms with Gasteiger partial charge in [-0.05, 0) is 18.8 Å². The Labute approximate surface area is 97.3 Å². The van der Waals surface area contributed by atoms with E-state index in [1.54, 1.807) is 6.21 Å². The molecule has 90 valence electrons. The molecular weight excluding hydrogens is 202 g/mol. The Kier molecular flexibility index (Phi) is 3.89. The number of carbonyl (C=O) groups is 1. The average molecular weight is 223 g/mol. The highest BCUT2D eigenvalue weighted by Gasteiger charge is 2.32. The summed E-state index contributed by atoms with van der Waals surface area (Å²) in [4.78, 5) is 16.1. The Morgan fingerprint density at radius 1 is 1.50 bits per heavy atom. The van der Waals surface area contributed by atoms with Gasteiger partial charge in [0.25, 0.3) is 0 Å². The third kappa shape index (κ3) is 3.19. The largest absolute Gasteiger partial charge is 0.511 e. The van der Waals surface area contributed by atoms with E-state index in [0.717, 1.165) is 6.42 Å². The maximum atomic E-state index is 11.8. The highest BCUT2D eigenvalue weighted by Crippen LogP contribution is 2.35. The molecule has 0 saturated heterocycles. The van der Waals surface area contributed by atoms with Crippen LogP contribution in [0.5, 0.6) is 0 Å². The standard InChI is InChI=1S/C13H21NO2/c1-5-9(2)14-8-10-11(15)6-13(3,4)7-12(10)16/h8-9,15H,5-7H2,1-4H3/t9-/m1/s1. The molecule has 0 spiro atoms. The van der Waals surface area contributed by atoms with E-state index in [9.17, 15) is 9.90 Å². The van der Waals surface area contributed by atoms with Crippen LogP contribution in [0, 0.1) is 5.41 Å². The molecule has 0 saturated carbocycles. The quantitative estimate of drug-likeness (QED) is 0.747. The van der Waals surface area contributed by atoms with Gasteiger partial charge in [0.2, 0.25) is 0 Å². The second-order valence-electron chi connectivity index (χ2n) is 5.34. The minimum Gasteiger partial charge on any atom is -0.511 e. The van der Waals surface area contributed by atoms with Gasteiger partial charge in [-0.3, -0.25) is 9.79 Å². The van der Waals surface area contributed by atoms with E-state index in [0.29, 0.717) is 18.4 Å². The van der Waals surface area contributed by atoms with E-state index < -0.39 is 0 Å². The topological polar surface area (TPSA) is 49.7 Å². The van der Waals surface area contributed by atoms with Crippen LogP contribution in [0.4, 0.5) is 0 Å². The van der Waals surface area contributed by atoms with Gasteiger partial charge < -0.3 is 5.11 Å². The van der Waals surface area contributed by atoms with E-state index in [4.69, 9.17) is 0 Å². The summed E-state index contributed by atoms with van der Waals surface area (Å²) in [6, 6.07) is 0.197. The highest BCUT2D eigenvalue weighted by atomic mass is 16.3. The van der Waals surface area contributed by atoms with E-state index in [-0.39, 0.29) is 23.0 Å². The molecule has 0 aromatic carbocycles. The van der Waals surface area contributed by atoms with Gasteiger partial charge in [-0.1, -0.05) is 20.8 Å². The molecule has 3 nitrogen and oxygen atoms in total. The SMILES string of the molecule is CC[C@@H](C)N=CC1=C(O)CC(C)(C)CC1=O. The summed E-state index contributed by atoms with van der Waals surface area (Å²) >= 11 is 0. The van der Waals surface area contributed by atoms with Crippen molar-refractivity contribution in [3.63, 3.8) is 0 Å². The van der Waals surface area contributed by atoms with Crippen LogP contribution in [0.25, 0.3) is 0 Å². The maximum Gasteiger partial charge on any atom is 0.168 e. The van der Waals surface area contributed by atoms with Crippen molar-refractivity contribution in [1.29, 1.82) is 0 Å². The van der Waals surface area contributed by atoms with Crippen molar-refractivity contribution in [1.82, 2.24) is 0 Å². The van der Waals surface area contributed by atoms with Gasteiger partial charge >= 0.3 is 0 Å². The monoisotopic (exact) mass is 223 g/mol. The predicted octanol–water partition coefficient (Wildman–Crippen LogP) is 3.06. The van der Waals surface area contributed by atoms with Crippen molar-refractivity contribution in [2.45, 2.75) is 53.0 Å². The number of Topliss-reactive ketones (excluding diaryl/α,β-unsaturated/α-hetero) is 1. The van der Waals surface area contributed by atoms with E-state index in [1.807, 2.05) is 27.7 Å². The lowest BCUT2D eigenvalue weighted by Gasteiger charge is -2.28. The smallest absolute Gasteiger partial charge is 0.168 e. The summed E-state index contributed by atoms with van der Waals surface area (Å²) in [6.45, 7) is 8.01. The molecule has 0 bridgehead atoms. The number of aliphatic imine (C=N–C) groups is 1. The molecule has 1 atom stereocenters. The Bertz CT molecular complexity index is 340. The van der Waals surface area contributed by atoms with Crippen molar-refractivity contribution < 1.29 is 9.90 Å². The Balaban J connectivity index is 2.87. The molecule has 0 fully saturated rings. The molecule has 1 aliphatic carbocycles. The van der Waals surface area contributed by atoms with E-state index in [1.165, 1.54) is 0 Å². The molecule has 3 heteroatoms. The molecular formula is C13H21NO2. The molecule has 0 radical (unpaired) electrons. The number of hydrogen-bond donors (Lipinski definition) is 1. The zero-order chi connectivity index (χ0) is 12.3. The average Bonchev–Trinajstić information content (AvgIpc) is 2.14. The number of aliphatic hydroxyl groups excluding tert-OH is 1. The fraction of sp³-hybridized carbons (Fsp3) is 0.692. The summed E-state index contributed by atoms with van der Waals surface area (Å²) in [6.07, 6.45) is 3.52. The lowest BCUT2D eigenvalue weighted by Crippen LogP contribution is -2.26. The maximum absolute atomic E-state index is 11.8. The van der Waals surface area contributed by atoms with Crippen molar-refractivity contribution in [3.05, 3.63) is 11.3 Å². The number of rotatable bonds is 3. The van der Waals surface area contributed by atoms with E-state index in [2.05, 4.69) is 4.99 Å². The minimum atomic E-state index is -0.130. The molecule has 0 aromatic heterocycles. The first kappa shape index (κ1) is 12.9. The lowest BCUT2D eigenvalue weighted by molar-refractivity contribution is -0.117. The first-order valence-corrected chi connectivity index (χ1v) is 5.84. The second-order valence-corrected chi connectivity index (χ2v) is 5.34. The Hall–Kier alpha value is -1.12. The van der Waals surface area contributed by atoms with Crippen LogP contribution in [0.15, 0.2) is 16.3 Å². The second kappa shape index (κ2) is 4.81. The van der Waals surface area contributed by atoms with E-state index >= 15 is 0 Å². The minimum absolute atomic E-state index is 0.000744. The fourth-order valence-electron chi connectivity index (χ4n) is 1.76. The molecule has 0 amide bonds. The summed E-state index contributed by atoms with van der Waals surface area (Å²) in [7, 11) is 0. The molecule has 0 heterocycles. The molecule has 0 unspecified atom stereocenters.